The molecule has 0 amide bonds. The second-order valence-corrected chi connectivity index (χ2v) is 36.2. The molecule has 2 aromatic heterocycles. The van der Waals surface area contributed by atoms with Crippen LogP contribution >= 0.6 is 0 Å². The number of nitrogens with zero attached hydrogens (tertiary/aromatic N) is 4. The van der Waals surface area contributed by atoms with Crippen molar-refractivity contribution in [3.8, 4) is 28.3 Å². The number of phenolic OH excluding ortho intramolecular Hbond substituents is 1. The molecule has 0 radical (unpaired) electrons. The first-order valence-corrected chi connectivity index (χ1v) is 34.9. The van der Waals surface area contributed by atoms with Gasteiger partial charge in [0.05, 0.1) is 29.9 Å². The second-order valence-electron chi connectivity index (χ2n) is 36.2. The zero-order valence-corrected chi connectivity index (χ0v) is 62.9. The summed E-state index contributed by atoms with van der Waals surface area (Å²) < 4.78 is 19.1. The van der Waals surface area contributed by atoms with E-state index in [1.165, 1.54) is 22.3 Å². The molecule has 506 valence electrons. The van der Waals surface area contributed by atoms with Gasteiger partial charge in [0.25, 0.3) is 0 Å². The third-order valence-electron chi connectivity index (χ3n) is 19.9. The first-order valence-electron chi connectivity index (χ1n) is 34.9. The van der Waals surface area contributed by atoms with Crippen molar-refractivity contribution in [2.45, 2.75) is 210 Å². The third-order valence-corrected chi connectivity index (χ3v) is 19.9. The number of benzene rings is 7. The van der Waals surface area contributed by atoms with Crippen LogP contribution in [-0.2, 0) is 31.8 Å². The molecule has 0 fully saturated rings. The Kier molecular flexibility index (Phi) is 18.3. The largest absolute Gasteiger partial charge is 0.505 e. The second kappa shape index (κ2) is 24.7. The molecule has 0 saturated carbocycles. The van der Waals surface area contributed by atoms with Crippen LogP contribution in [0.15, 0.2) is 145 Å². The molecule has 8 nitrogen and oxygen atoms in total. The van der Waals surface area contributed by atoms with Gasteiger partial charge in [-0.05, 0) is 192 Å². The Morgan fingerprint density at radius 1 is 0.463 bits per heavy atom. The fraction of sp³-hybridized carbons (Fsp3) is 0.471. The van der Waals surface area contributed by atoms with Crippen LogP contribution in [0.5, 0.6) is 11.5 Å². The summed E-state index contributed by atoms with van der Waals surface area (Å²) in [6.07, 6.45) is 6.82. The van der Waals surface area contributed by atoms with Crippen LogP contribution in [0.3, 0.4) is 0 Å². The monoisotopic (exact) mass is 1280 g/mol. The molecule has 9 aromatic rings. The minimum absolute atomic E-state index is 0.0112. The maximum Gasteiger partial charge on any atom is 0.218 e. The third kappa shape index (κ3) is 14.3. The highest BCUT2D eigenvalue weighted by molar-refractivity contribution is 6.11. The molecule has 0 bridgehead atoms. The maximum atomic E-state index is 14.4. The van der Waals surface area contributed by atoms with E-state index in [0.29, 0.717) is 23.3 Å². The molecule has 0 aliphatic heterocycles. The minimum atomic E-state index is -1.87. The summed E-state index contributed by atoms with van der Waals surface area (Å²) in [5.74, 6) is -1.04. The fourth-order valence-electron chi connectivity index (χ4n) is 15.2. The van der Waals surface area contributed by atoms with Gasteiger partial charge in [0, 0.05) is 95.3 Å². The van der Waals surface area contributed by atoms with Gasteiger partial charge >= 0.3 is 0 Å². The Labute approximate surface area is 571 Å². The summed E-state index contributed by atoms with van der Waals surface area (Å²) in [6.45, 7) is 51.0. The Morgan fingerprint density at radius 2 is 0.916 bits per heavy atom. The van der Waals surface area contributed by atoms with Crippen molar-refractivity contribution in [1.82, 2.24) is 9.13 Å². The highest BCUT2D eigenvalue weighted by atomic mass is 16.6. The van der Waals surface area contributed by atoms with Crippen molar-refractivity contribution >= 4 is 60.6 Å². The van der Waals surface area contributed by atoms with Gasteiger partial charge in [-0.2, -0.15) is 0 Å². The summed E-state index contributed by atoms with van der Waals surface area (Å²) in [7, 11) is 8.24. The van der Waals surface area contributed by atoms with Crippen LogP contribution in [0.1, 0.15) is 211 Å². The van der Waals surface area contributed by atoms with E-state index in [9.17, 15) is 10.2 Å². The van der Waals surface area contributed by atoms with Gasteiger partial charge in [0.15, 0.2) is 0 Å². The number of anilines is 2. The van der Waals surface area contributed by atoms with Gasteiger partial charge in [0.1, 0.15) is 17.5 Å². The molecule has 2 atom stereocenters. The van der Waals surface area contributed by atoms with E-state index in [2.05, 4.69) is 333 Å². The number of fused-ring (bicyclic) bond motifs is 6. The molecule has 2 unspecified atom stereocenters. The van der Waals surface area contributed by atoms with Gasteiger partial charge in [-0.1, -0.05) is 195 Å². The van der Waals surface area contributed by atoms with Crippen LogP contribution in [0.2, 0.25) is 0 Å². The van der Waals surface area contributed by atoms with Gasteiger partial charge < -0.3 is 38.6 Å². The lowest BCUT2D eigenvalue weighted by atomic mass is 9.68. The number of ether oxygens (including phenoxy) is 2. The number of hydrogen-bond acceptors (Lipinski definition) is 6. The molecule has 0 saturated heterocycles. The van der Waals surface area contributed by atoms with Crippen molar-refractivity contribution in [3.05, 3.63) is 178 Å². The van der Waals surface area contributed by atoms with E-state index < -0.39 is 11.8 Å². The van der Waals surface area contributed by atoms with E-state index in [4.69, 9.17) is 9.47 Å². The molecule has 0 spiro atoms. The van der Waals surface area contributed by atoms with E-state index in [0.717, 1.165) is 95.8 Å². The van der Waals surface area contributed by atoms with Crippen molar-refractivity contribution in [3.63, 3.8) is 0 Å². The number of phenols is 1. The van der Waals surface area contributed by atoms with Gasteiger partial charge in [0.2, 0.25) is 5.79 Å². The first-order chi connectivity index (χ1) is 43.8. The van der Waals surface area contributed by atoms with Crippen molar-refractivity contribution in [2.75, 3.05) is 51.2 Å². The number of hydrogen-bond donors (Lipinski definition) is 2. The van der Waals surface area contributed by atoms with E-state index in [1.54, 1.807) is 0 Å². The van der Waals surface area contributed by atoms with Crippen LogP contribution in [0.25, 0.3) is 66.0 Å². The van der Waals surface area contributed by atoms with E-state index in [1.807, 2.05) is 6.07 Å². The lowest BCUT2D eigenvalue weighted by Gasteiger charge is -2.44. The summed E-state index contributed by atoms with van der Waals surface area (Å²) in [5, 5.41) is 32.5. The molecule has 8 heteroatoms. The molecule has 2 heterocycles. The zero-order chi connectivity index (χ0) is 69.9. The van der Waals surface area contributed by atoms with Crippen molar-refractivity contribution in [1.29, 1.82) is 0 Å². The topological polar surface area (TPSA) is 75.3 Å². The number of allylic oxidation sites excluding steroid dienone is 2. The Hall–Kier alpha value is -7.26. The predicted molar refractivity (Wildman–Crippen MR) is 408 cm³/mol. The highest BCUT2D eigenvalue weighted by Gasteiger charge is 2.48. The van der Waals surface area contributed by atoms with Gasteiger partial charge in [-0.25, -0.2) is 0 Å². The Balaban J connectivity index is 1.11. The summed E-state index contributed by atoms with van der Waals surface area (Å²) >= 11 is 0. The normalized spacial score (nSPS) is 16.5. The number of aromatic hydroxyl groups is 1. The molecular weight excluding hydrogens is 1160 g/mol. The van der Waals surface area contributed by atoms with Gasteiger partial charge in [-0.15, -0.1) is 0 Å². The van der Waals surface area contributed by atoms with Crippen molar-refractivity contribution < 1.29 is 19.7 Å². The van der Waals surface area contributed by atoms with Gasteiger partial charge in [-0.3, -0.25) is 0 Å². The molecule has 10 rings (SSSR count). The van der Waals surface area contributed by atoms with Crippen LogP contribution in [0, 0.1) is 16.2 Å². The standard InChI is InChI=1S/C87H114N4O4/c1-79(2,3)53-85(19,20)60-48-69(78(92)75(50-60)90-71-36-31-56(81(7,8)9)44-64(71)65-45-57(82(10,11)12)32-37-72(65)90)68-52-63(89(25)26)35-40-76(68)94-41-28-42-95-87(93)70(55-29-27-30-62(43-55)88(23)24)49-61(86(21,22)54-80(4,5)6)51-77(87)91-73-38-33-58(83(13,14)15)46-66(73)67-47-59(84(16,17)18)34-39-74(67)91/h27,29-40,43-52,77,92-93H,28,41-42,53-54H2,1-26H3. The minimum Gasteiger partial charge on any atom is -0.505 e. The molecule has 1 aliphatic rings. The lowest BCUT2D eigenvalue weighted by Crippen LogP contribution is -2.45. The number of rotatable bonds is 16. The summed E-state index contributed by atoms with van der Waals surface area (Å²) in [5.41, 5.74) is 16.4. The van der Waals surface area contributed by atoms with E-state index in [-0.39, 0.29) is 62.3 Å². The Morgan fingerprint density at radius 3 is 1.38 bits per heavy atom. The predicted octanol–water partition coefficient (Wildman–Crippen LogP) is 22.5. The van der Waals surface area contributed by atoms with Crippen molar-refractivity contribution in [2.24, 2.45) is 16.2 Å². The molecule has 2 N–H and O–H groups in total. The molecule has 1 aliphatic carbocycles. The van der Waals surface area contributed by atoms with Crippen LogP contribution < -0.4 is 14.5 Å². The summed E-state index contributed by atoms with van der Waals surface area (Å²) in [6, 6.07) is 46.2. The average Bonchev–Trinajstić information content (AvgIpc) is 1.66. The highest BCUT2D eigenvalue weighted by Crippen LogP contribution is 2.53. The SMILES string of the molecule is CN(C)c1cccc(C2=CC(C(C)(C)CC(C)(C)C)=CC(n3c4ccc(C(C)(C)C)cc4c4cc(C(C)(C)C)ccc43)C2(O)OCCCOc2ccc(N(C)C)cc2-c2cc(C(C)(C)CC(C)(C)C)cc(-n3c4ccc(C(C)(C)C)cc4c4cc(C(C)(C)C)ccc43)c2O)c1. The number of aliphatic hydroxyl groups is 1. The quantitative estimate of drug-likeness (QED) is 0.0742. The average molecular weight is 1280 g/mol. The van der Waals surface area contributed by atoms with E-state index >= 15 is 0 Å². The van der Waals surface area contributed by atoms with Crippen LogP contribution in [-0.4, -0.2) is 66.5 Å². The molecule has 7 aromatic carbocycles. The fourth-order valence-corrected chi connectivity index (χ4v) is 15.2. The van der Waals surface area contributed by atoms with Crippen LogP contribution in [0.4, 0.5) is 11.4 Å². The smallest absolute Gasteiger partial charge is 0.218 e. The first kappa shape index (κ1) is 70.5. The lowest BCUT2D eigenvalue weighted by molar-refractivity contribution is -0.179. The number of aromatic nitrogens is 2. The zero-order valence-electron chi connectivity index (χ0n) is 62.9. The molecular formula is C87H114N4O4. The summed E-state index contributed by atoms with van der Waals surface area (Å²) in [4.78, 5) is 4.22. The Bertz CT molecular complexity index is 4290. The molecule has 95 heavy (non-hydrogen) atoms. The maximum absolute atomic E-state index is 14.4.